The molecule has 1 aliphatic rings. The van der Waals surface area contributed by atoms with Crippen LogP contribution in [-0.2, 0) is 16.1 Å². The van der Waals surface area contributed by atoms with Crippen LogP contribution < -0.4 is 15.0 Å². The van der Waals surface area contributed by atoms with Crippen molar-refractivity contribution in [2.75, 3.05) is 12.0 Å². The molecule has 4 rings (SSSR count). The Hall–Kier alpha value is -3.87. The number of methoxy groups -OCH3 is 1. The molecule has 1 fully saturated rings. The highest BCUT2D eigenvalue weighted by Gasteiger charge is 2.38. The molecule has 2 aromatic carbocycles. The monoisotopic (exact) mass is 403 g/mol. The van der Waals surface area contributed by atoms with Crippen LogP contribution in [0.15, 0.2) is 60.3 Å². The number of aromatic nitrogens is 1. The first-order valence-electron chi connectivity index (χ1n) is 9.67. The van der Waals surface area contributed by atoms with Gasteiger partial charge in [0.2, 0.25) is 0 Å². The third-order valence-electron chi connectivity index (χ3n) is 5.01. The lowest BCUT2D eigenvalue weighted by Crippen LogP contribution is -2.54. The first-order chi connectivity index (χ1) is 14.5. The van der Waals surface area contributed by atoms with Gasteiger partial charge in [-0.05, 0) is 30.7 Å². The van der Waals surface area contributed by atoms with Crippen LogP contribution in [-0.4, -0.2) is 29.5 Å². The van der Waals surface area contributed by atoms with Gasteiger partial charge in [-0.2, -0.15) is 0 Å². The second kappa shape index (κ2) is 7.87. The number of carbonyl (C=O) groups is 3. The molecule has 0 radical (unpaired) electrons. The Morgan fingerprint density at radius 2 is 1.77 bits per heavy atom. The summed E-state index contributed by atoms with van der Waals surface area (Å²) in [6.45, 7) is 2.90. The van der Waals surface area contributed by atoms with E-state index in [1.54, 1.807) is 30.3 Å². The number of aryl methyl sites for hydroxylation is 1. The lowest BCUT2D eigenvalue weighted by molar-refractivity contribution is -0.122. The largest absolute Gasteiger partial charge is 0.495 e. The summed E-state index contributed by atoms with van der Waals surface area (Å²) < 4.78 is 7.38. The minimum atomic E-state index is -0.805. The van der Waals surface area contributed by atoms with Crippen molar-refractivity contribution in [3.05, 3.63) is 65.9 Å². The minimum absolute atomic E-state index is 0.111. The average Bonchev–Trinajstić information content (AvgIpc) is 3.09. The van der Waals surface area contributed by atoms with Gasteiger partial charge in [-0.15, -0.1) is 0 Å². The van der Waals surface area contributed by atoms with Crippen LogP contribution in [0.2, 0.25) is 0 Å². The Morgan fingerprint density at radius 3 is 2.53 bits per heavy atom. The van der Waals surface area contributed by atoms with E-state index in [4.69, 9.17) is 4.74 Å². The number of hydrogen-bond acceptors (Lipinski definition) is 4. The van der Waals surface area contributed by atoms with E-state index in [9.17, 15) is 14.4 Å². The van der Waals surface area contributed by atoms with Gasteiger partial charge in [0.1, 0.15) is 11.3 Å². The first kappa shape index (κ1) is 19.4. The summed E-state index contributed by atoms with van der Waals surface area (Å²) in [4.78, 5) is 39.1. The quantitative estimate of drug-likeness (QED) is 0.520. The highest BCUT2D eigenvalue weighted by Crippen LogP contribution is 2.31. The van der Waals surface area contributed by atoms with E-state index >= 15 is 0 Å². The van der Waals surface area contributed by atoms with Crippen molar-refractivity contribution in [1.82, 2.24) is 9.88 Å². The van der Waals surface area contributed by atoms with Gasteiger partial charge in [0.25, 0.3) is 11.8 Å². The topological polar surface area (TPSA) is 80.6 Å². The molecule has 152 valence electrons. The number of fused-ring (bicyclic) bond motifs is 1. The lowest BCUT2D eigenvalue weighted by Gasteiger charge is -2.27. The highest BCUT2D eigenvalue weighted by atomic mass is 16.5. The van der Waals surface area contributed by atoms with Crippen LogP contribution in [0, 0.1) is 0 Å². The van der Waals surface area contributed by atoms with E-state index in [0.717, 1.165) is 34.3 Å². The number of carbonyl (C=O) groups excluding carboxylic acids is 3. The first-order valence-corrected chi connectivity index (χ1v) is 9.67. The molecule has 1 N–H and O–H groups in total. The molecule has 0 bridgehead atoms. The number of benzene rings is 2. The molecule has 0 spiro atoms. The molecule has 7 heteroatoms. The van der Waals surface area contributed by atoms with Crippen LogP contribution >= 0.6 is 0 Å². The molecule has 0 atom stereocenters. The zero-order valence-electron chi connectivity index (χ0n) is 16.7. The van der Waals surface area contributed by atoms with Crippen molar-refractivity contribution in [3.8, 4) is 5.75 Å². The van der Waals surface area contributed by atoms with E-state index < -0.39 is 17.8 Å². The average molecular weight is 403 g/mol. The number of imide groups is 2. The summed E-state index contributed by atoms with van der Waals surface area (Å²) in [6, 6.07) is 13.7. The zero-order valence-corrected chi connectivity index (χ0v) is 16.7. The van der Waals surface area contributed by atoms with Crippen molar-refractivity contribution >= 4 is 40.5 Å². The number of urea groups is 1. The van der Waals surface area contributed by atoms with E-state index in [1.165, 1.54) is 7.11 Å². The van der Waals surface area contributed by atoms with Crippen molar-refractivity contribution in [1.29, 1.82) is 0 Å². The molecule has 2 heterocycles. The molecule has 30 heavy (non-hydrogen) atoms. The molecular weight excluding hydrogens is 382 g/mol. The number of nitrogens with zero attached hydrogens (tertiary/aromatic N) is 2. The Kier molecular flexibility index (Phi) is 5.10. The SMILES string of the molecule is CCCn1cc(/C=C2/C(=O)NC(=O)N(c3ccccc3OC)C2=O)c2ccccc21. The Labute approximate surface area is 173 Å². The van der Waals surface area contributed by atoms with Gasteiger partial charge < -0.3 is 9.30 Å². The fourth-order valence-electron chi connectivity index (χ4n) is 3.66. The maximum absolute atomic E-state index is 13.2. The molecule has 7 nitrogen and oxygen atoms in total. The number of para-hydroxylation sites is 3. The van der Waals surface area contributed by atoms with Crippen molar-refractivity contribution < 1.29 is 19.1 Å². The highest BCUT2D eigenvalue weighted by molar-refractivity contribution is 6.39. The van der Waals surface area contributed by atoms with E-state index in [2.05, 4.69) is 16.8 Å². The third-order valence-corrected chi connectivity index (χ3v) is 5.01. The van der Waals surface area contributed by atoms with Crippen molar-refractivity contribution in [2.24, 2.45) is 0 Å². The lowest BCUT2D eigenvalue weighted by atomic mass is 10.1. The maximum Gasteiger partial charge on any atom is 0.336 e. The fourth-order valence-corrected chi connectivity index (χ4v) is 3.66. The summed E-state index contributed by atoms with van der Waals surface area (Å²) in [5, 5.41) is 3.19. The number of barbiturate groups is 1. The predicted molar refractivity (Wildman–Crippen MR) is 114 cm³/mol. The number of nitrogens with one attached hydrogen (secondary N) is 1. The summed E-state index contributed by atoms with van der Waals surface area (Å²) in [6.07, 6.45) is 4.41. The number of amides is 4. The maximum atomic E-state index is 13.2. The van der Waals surface area contributed by atoms with Crippen LogP contribution in [0.5, 0.6) is 5.75 Å². The normalized spacial score (nSPS) is 15.7. The molecule has 0 saturated carbocycles. The van der Waals surface area contributed by atoms with Gasteiger partial charge in [0, 0.05) is 29.2 Å². The van der Waals surface area contributed by atoms with Gasteiger partial charge in [0.05, 0.1) is 12.8 Å². The second-order valence-corrected chi connectivity index (χ2v) is 6.92. The molecule has 1 aliphatic heterocycles. The van der Waals surface area contributed by atoms with E-state index in [-0.39, 0.29) is 11.3 Å². The van der Waals surface area contributed by atoms with Crippen molar-refractivity contribution in [2.45, 2.75) is 19.9 Å². The summed E-state index contributed by atoms with van der Waals surface area (Å²) in [5.41, 5.74) is 1.92. The molecular formula is C23H21N3O4. The molecule has 1 aromatic heterocycles. The molecule has 0 unspecified atom stereocenters. The minimum Gasteiger partial charge on any atom is -0.495 e. The number of ether oxygens (including phenoxy) is 1. The predicted octanol–water partition coefficient (Wildman–Crippen LogP) is 3.73. The third kappa shape index (κ3) is 3.24. The Bertz CT molecular complexity index is 1190. The summed E-state index contributed by atoms with van der Waals surface area (Å²) in [7, 11) is 1.45. The van der Waals surface area contributed by atoms with Crippen LogP contribution in [0.3, 0.4) is 0 Å². The summed E-state index contributed by atoms with van der Waals surface area (Å²) in [5.74, 6) is -1.06. The second-order valence-electron chi connectivity index (χ2n) is 6.92. The van der Waals surface area contributed by atoms with Gasteiger partial charge in [-0.3, -0.25) is 14.9 Å². The Morgan fingerprint density at radius 1 is 1.03 bits per heavy atom. The standard InChI is InChI=1S/C23H21N3O4/c1-3-12-25-14-15(16-8-4-5-9-18(16)25)13-17-21(27)24-23(29)26(22(17)28)19-10-6-7-11-20(19)30-2/h4-11,13-14H,3,12H2,1-2H3,(H,24,27,29)/b17-13-. The van der Waals surface area contributed by atoms with Gasteiger partial charge >= 0.3 is 6.03 Å². The van der Waals surface area contributed by atoms with Crippen LogP contribution in [0.25, 0.3) is 17.0 Å². The molecule has 3 aromatic rings. The van der Waals surface area contributed by atoms with Gasteiger partial charge in [0.15, 0.2) is 0 Å². The zero-order chi connectivity index (χ0) is 21.3. The summed E-state index contributed by atoms with van der Waals surface area (Å²) >= 11 is 0. The van der Waals surface area contributed by atoms with Crippen LogP contribution in [0.1, 0.15) is 18.9 Å². The van der Waals surface area contributed by atoms with Gasteiger partial charge in [-0.1, -0.05) is 37.3 Å². The smallest absolute Gasteiger partial charge is 0.336 e. The number of rotatable bonds is 5. The Balaban J connectivity index is 1.82. The van der Waals surface area contributed by atoms with Crippen molar-refractivity contribution in [3.63, 3.8) is 0 Å². The van der Waals surface area contributed by atoms with Crippen LogP contribution in [0.4, 0.5) is 10.5 Å². The van der Waals surface area contributed by atoms with Gasteiger partial charge in [-0.25, -0.2) is 9.69 Å². The number of hydrogen-bond donors (Lipinski definition) is 1. The number of anilines is 1. The van der Waals surface area contributed by atoms with E-state index in [1.807, 2.05) is 30.5 Å². The van der Waals surface area contributed by atoms with E-state index in [0.29, 0.717) is 5.75 Å². The molecule has 0 aliphatic carbocycles. The fraction of sp³-hybridized carbons (Fsp3) is 0.174. The molecule has 1 saturated heterocycles. The molecule has 4 amide bonds.